The first-order valence-corrected chi connectivity index (χ1v) is 5.89. The van der Waals surface area contributed by atoms with E-state index in [2.05, 4.69) is 46.8 Å². The Morgan fingerprint density at radius 3 is 2.36 bits per heavy atom. The molecule has 1 unspecified atom stereocenters. The predicted octanol–water partition coefficient (Wildman–Crippen LogP) is 3.97. The van der Waals surface area contributed by atoms with Crippen LogP contribution < -0.4 is 0 Å². The molecule has 1 aliphatic carbocycles. The maximum Gasteiger partial charge on any atom is 0.132 e. The van der Waals surface area contributed by atoms with Gasteiger partial charge in [-0.3, -0.25) is 0 Å². The first-order chi connectivity index (χ1) is 6.50. The Morgan fingerprint density at radius 1 is 1.29 bits per heavy atom. The zero-order valence-corrected chi connectivity index (χ0v) is 10.3. The van der Waals surface area contributed by atoms with Crippen molar-refractivity contribution in [2.75, 3.05) is 0 Å². The van der Waals surface area contributed by atoms with Crippen LogP contribution in [0.3, 0.4) is 0 Å². The van der Waals surface area contributed by atoms with Crippen molar-refractivity contribution in [1.82, 2.24) is 0 Å². The minimum atomic E-state index is 0.686. The normalized spacial score (nSPS) is 22.4. The summed E-state index contributed by atoms with van der Waals surface area (Å²) in [6, 6.07) is 0. The summed E-state index contributed by atoms with van der Waals surface area (Å²) in [4.78, 5) is 0. The number of hydrogen-bond acceptors (Lipinski definition) is 0. The van der Waals surface area contributed by atoms with Gasteiger partial charge in [0.25, 0.3) is 0 Å². The minimum Gasteiger partial charge on any atom is -0.0855 e. The van der Waals surface area contributed by atoms with E-state index in [0.717, 1.165) is 11.6 Å². The van der Waals surface area contributed by atoms with E-state index in [0.29, 0.717) is 5.92 Å². The Morgan fingerprint density at radius 2 is 1.93 bits per heavy atom. The van der Waals surface area contributed by atoms with E-state index in [-0.39, 0.29) is 0 Å². The molecule has 0 N–H and O–H groups in total. The third-order valence-corrected chi connectivity index (χ3v) is 2.98. The van der Waals surface area contributed by atoms with Crippen LogP contribution in [0.4, 0.5) is 0 Å². The molecule has 0 amide bonds. The van der Waals surface area contributed by atoms with Crippen LogP contribution in [0.1, 0.15) is 41.0 Å². The highest BCUT2D eigenvalue weighted by molar-refractivity contribution is 6.40. The Kier molecular flexibility index (Phi) is 4.03. The molecule has 78 valence electrons. The maximum atomic E-state index is 2.48. The average Bonchev–Trinajstić information content (AvgIpc) is 2.01. The van der Waals surface area contributed by atoms with E-state index >= 15 is 0 Å². The largest absolute Gasteiger partial charge is 0.132 e. The van der Waals surface area contributed by atoms with Gasteiger partial charge in [0, 0.05) is 0 Å². The summed E-state index contributed by atoms with van der Waals surface area (Å²) in [6.07, 6.45) is 6.19. The molecule has 0 aromatic rings. The Balaban J connectivity index is 2.62. The fraction of sp³-hybridized carbons (Fsp3) is 0.692. The van der Waals surface area contributed by atoms with Crippen LogP contribution >= 0.6 is 0 Å². The molecule has 14 heavy (non-hydrogen) atoms. The van der Waals surface area contributed by atoms with E-state index in [1.807, 2.05) is 0 Å². The second-order valence-corrected chi connectivity index (χ2v) is 5.29. The van der Waals surface area contributed by atoms with Crippen LogP contribution in [-0.4, -0.2) is 7.28 Å². The van der Waals surface area contributed by atoms with Crippen molar-refractivity contribution >= 4 is 7.28 Å². The highest BCUT2D eigenvalue weighted by Crippen LogP contribution is 2.31. The lowest BCUT2D eigenvalue weighted by Gasteiger charge is -2.22. The first kappa shape index (κ1) is 11.6. The maximum absolute atomic E-state index is 2.48. The van der Waals surface area contributed by atoms with Gasteiger partial charge < -0.3 is 0 Å². The van der Waals surface area contributed by atoms with Gasteiger partial charge in [0.15, 0.2) is 0 Å². The van der Waals surface area contributed by atoms with Crippen molar-refractivity contribution in [3.05, 3.63) is 23.3 Å². The second-order valence-electron chi connectivity index (χ2n) is 5.29. The van der Waals surface area contributed by atoms with Gasteiger partial charge in [0.1, 0.15) is 7.28 Å². The highest BCUT2D eigenvalue weighted by atomic mass is 14.2. The van der Waals surface area contributed by atoms with E-state index in [1.165, 1.54) is 19.3 Å². The molecule has 0 aliphatic heterocycles. The molecule has 0 aromatic carbocycles. The van der Waals surface area contributed by atoms with E-state index in [1.54, 1.807) is 5.57 Å². The highest BCUT2D eigenvalue weighted by Gasteiger charge is 2.16. The van der Waals surface area contributed by atoms with Gasteiger partial charge in [-0.2, -0.15) is 0 Å². The molecule has 0 saturated heterocycles. The van der Waals surface area contributed by atoms with E-state index < -0.39 is 0 Å². The van der Waals surface area contributed by atoms with Gasteiger partial charge in [0.2, 0.25) is 0 Å². The summed E-state index contributed by atoms with van der Waals surface area (Å²) in [6.45, 7) is 11.5. The van der Waals surface area contributed by atoms with Gasteiger partial charge >= 0.3 is 0 Å². The lowest BCUT2D eigenvalue weighted by Crippen LogP contribution is -2.10. The number of hydrogen-bond donors (Lipinski definition) is 0. The van der Waals surface area contributed by atoms with Crippen LogP contribution in [0.2, 0.25) is 11.6 Å². The van der Waals surface area contributed by atoms with Gasteiger partial charge in [0.05, 0.1) is 0 Å². The molecular weight excluding hydrogens is 167 g/mol. The van der Waals surface area contributed by atoms with Crippen molar-refractivity contribution in [3.8, 4) is 0 Å². The minimum absolute atomic E-state index is 0.686. The third-order valence-electron chi connectivity index (χ3n) is 2.98. The van der Waals surface area contributed by atoms with Crippen molar-refractivity contribution in [3.63, 3.8) is 0 Å². The summed E-state index contributed by atoms with van der Waals surface area (Å²) in [5, 5.41) is 0. The SMILES string of the molecule is CC1=CC(BC(C)C)CC=C1C(C)C. The summed E-state index contributed by atoms with van der Waals surface area (Å²) < 4.78 is 0. The van der Waals surface area contributed by atoms with Crippen molar-refractivity contribution < 1.29 is 0 Å². The quantitative estimate of drug-likeness (QED) is 0.590. The molecule has 0 saturated carbocycles. The fourth-order valence-electron chi connectivity index (χ4n) is 2.42. The average molecular weight is 190 g/mol. The Bertz CT molecular complexity index is 246. The number of allylic oxidation sites excluding steroid dienone is 4. The Labute approximate surface area is 89.7 Å². The molecule has 0 bridgehead atoms. The van der Waals surface area contributed by atoms with E-state index in [9.17, 15) is 0 Å². The summed E-state index contributed by atoms with van der Waals surface area (Å²) in [5.41, 5.74) is 3.07. The van der Waals surface area contributed by atoms with Crippen LogP contribution in [0.5, 0.6) is 0 Å². The van der Waals surface area contributed by atoms with Crippen molar-refractivity contribution in [2.45, 2.75) is 52.7 Å². The predicted molar refractivity (Wildman–Crippen MR) is 67.3 cm³/mol. The topological polar surface area (TPSA) is 0 Å². The number of rotatable bonds is 3. The van der Waals surface area contributed by atoms with Crippen LogP contribution in [-0.2, 0) is 0 Å². The zero-order valence-electron chi connectivity index (χ0n) is 10.3. The molecule has 0 fully saturated rings. The summed E-state index contributed by atoms with van der Waals surface area (Å²) in [5.74, 6) is 2.29. The Hall–Kier alpha value is -0.455. The van der Waals surface area contributed by atoms with Gasteiger partial charge in [-0.25, -0.2) is 0 Å². The van der Waals surface area contributed by atoms with Crippen molar-refractivity contribution in [1.29, 1.82) is 0 Å². The molecular formula is C13H23B. The molecule has 0 aromatic heterocycles. The van der Waals surface area contributed by atoms with Crippen molar-refractivity contribution in [2.24, 2.45) is 5.92 Å². The molecule has 0 spiro atoms. The molecule has 1 aliphatic rings. The lowest BCUT2D eigenvalue weighted by atomic mass is 9.53. The van der Waals surface area contributed by atoms with Gasteiger partial charge in [-0.1, -0.05) is 51.2 Å². The molecule has 1 rings (SSSR count). The molecule has 1 atom stereocenters. The monoisotopic (exact) mass is 190 g/mol. The smallest absolute Gasteiger partial charge is 0.0855 e. The van der Waals surface area contributed by atoms with Crippen LogP contribution in [0, 0.1) is 5.92 Å². The molecule has 0 nitrogen and oxygen atoms in total. The van der Waals surface area contributed by atoms with Gasteiger partial charge in [-0.05, 0) is 30.7 Å². The third kappa shape index (κ3) is 3.04. The van der Waals surface area contributed by atoms with Crippen LogP contribution in [0.15, 0.2) is 23.3 Å². The molecule has 0 heterocycles. The molecule has 0 radical (unpaired) electrons. The first-order valence-electron chi connectivity index (χ1n) is 5.89. The van der Waals surface area contributed by atoms with Crippen LogP contribution in [0.25, 0.3) is 0 Å². The zero-order chi connectivity index (χ0) is 10.7. The second kappa shape index (κ2) is 4.86. The molecule has 1 heteroatoms. The standard InChI is InChI=1S/C13H23B/c1-9(2)13-7-6-12(8-11(13)5)14-10(3)4/h7-10,12,14H,6H2,1-5H3. The fourth-order valence-corrected chi connectivity index (χ4v) is 2.42. The summed E-state index contributed by atoms with van der Waals surface area (Å²) in [7, 11) is 1.33. The summed E-state index contributed by atoms with van der Waals surface area (Å²) >= 11 is 0. The lowest BCUT2D eigenvalue weighted by molar-refractivity contribution is 0.754. The van der Waals surface area contributed by atoms with Gasteiger partial charge in [-0.15, -0.1) is 0 Å². The van der Waals surface area contributed by atoms with E-state index in [4.69, 9.17) is 0 Å².